The van der Waals surface area contributed by atoms with Crippen molar-refractivity contribution < 1.29 is 9.21 Å². The summed E-state index contributed by atoms with van der Waals surface area (Å²) in [4.78, 5) is 29.9. The topological polar surface area (TPSA) is 75.4 Å². The molecule has 7 heteroatoms. The highest BCUT2D eigenvalue weighted by molar-refractivity contribution is 5.92. The Morgan fingerprint density at radius 3 is 2.56 bits per heavy atom. The third kappa shape index (κ3) is 2.67. The predicted octanol–water partition coefficient (Wildman–Crippen LogP) is 1.86. The second-order valence-electron chi connectivity index (χ2n) is 7.46. The molecule has 3 aliphatic rings. The number of aromatic nitrogens is 3. The van der Waals surface area contributed by atoms with E-state index in [1.54, 1.807) is 13.3 Å². The molecule has 2 saturated heterocycles. The van der Waals surface area contributed by atoms with Crippen LogP contribution in [0.1, 0.15) is 40.8 Å². The van der Waals surface area contributed by atoms with Crippen molar-refractivity contribution in [1.82, 2.24) is 19.9 Å². The summed E-state index contributed by atoms with van der Waals surface area (Å²) < 4.78 is 5.17. The Morgan fingerprint density at radius 1 is 1.16 bits per heavy atom. The van der Waals surface area contributed by atoms with E-state index in [1.165, 1.54) is 24.8 Å². The van der Waals surface area contributed by atoms with Gasteiger partial charge in [-0.15, -0.1) is 0 Å². The minimum absolute atomic E-state index is 0.0177. The smallest absolute Gasteiger partial charge is 0.275 e. The molecule has 7 nitrogen and oxygen atoms in total. The highest BCUT2D eigenvalue weighted by Crippen LogP contribution is 2.40. The number of rotatable bonds is 3. The summed E-state index contributed by atoms with van der Waals surface area (Å²) in [6.07, 6.45) is 5.65. The average molecular weight is 339 g/mol. The molecule has 0 aromatic carbocycles. The Bertz CT molecular complexity index is 801. The first-order valence-electron chi connectivity index (χ1n) is 8.95. The quantitative estimate of drug-likeness (QED) is 0.850. The van der Waals surface area contributed by atoms with Crippen molar-refractivity contribution in [3.05, 3.63) is 35.9 Å². The summed E-state index contributed by atoms with van der Waals surface area (Å²) in [6.45, 7) is 5.23. The van der Waals surface area contributed by atoms with E-state index in [4.69, 9.17) is 4.42 Å². The van der Waals surface area contributed by atoms with Crippen LogP contribution < -0.4 is 4.90 Å². The highest BCUT2D eigenvalue weighted by atomic mass is 16.3. The van der Waals surface area contributed by atoms with Crippen LogP contribution in [-0.2, 0) is 0 Å². The fraction of sp³-hybridized carbons (Fsp3) is 0.556. The first-order valence-corrected chi connectivity index (χ1v) is 8.95. The summed E-state index contributed by atoms with van der Waals surface area (Å²) in [5.74, 6) is 3.19. The van der Waals surface area contributed by atoms with Gasteiger partial charge in [0, 0.05) is 62.6 Å². The number of fused-ring (bicyclic) bond motifs is 1. The SMILES string of the molecule is Cc1nc(C(=O)N2CC3CN(c4cc(C5CC5)ncn4)CC3C2)co1. The van der Waals surface area contributed by atoms with E-state index in [-0.39, 0.29) is 5.91 Å². The first kappa shape index (κ1) is 14.9. The van der Waals surface area contributed by atoms with E-state index in [0.717, 1.165) is 32.0 Å². The molecule has 2 unspecified atom stereocenters. The molecule has 0 N–H and O–H groups in total. The van der Waals surface area contributed by atoms with Crippen molar-refractivity contribution in [1.29, 1.82) is 0 Å². The Labute approximate surface area is 146 Å². The molecular weight excluding hydrogens is 318 g/mol. The molecule has 0 spiro atoms. The van der Waals surface area contributed by atoms with Gasteiger partial charge in [-0.1, -0.05) is 0 Å². The molecule has 4 heterocycles. The molecule has 1 aliphatic carbocycles. The van der Waals surface area contributed by atoms with Crippen LogP contribution >= 0.6 is 0 Å². The number of nitrogens with zero attached hydrogens (tertiary/aromatic N) is 5. The van der Waals surface area contributed by atoms with Crippen molar-refractivity contribution >= 4 is 11.7 Å². The number of carbonyl (C=O) groups is 1. The molecule has 2 aromatic heterocycles. The van der Waals surface area contributed by atoms with Gasteiger partial charge in [0.1, 0.15) is 18.4 Å². The molecule has 3 fully saturated rings. The van der Waals surface area contributed by atoms with Crippen LogP contribution in [0, 0.1) is 18.8 Å². The summed E-state index contributed by atoms with van der Waals surface area (Å²) in [7, 11) is 0. The lowest BCUT2D eigenvalue weighted by molar-refractivity contribution is 0.0776. The summed E-state index contributed by atoms with van der Waals surface area (Å²) >= 11 is 0. The number of likely N-dealkylation sites (tertiary alicyclic amines) is 1. The second kappa shape index (κ2) is 5.54. The molecular formula is C18H21N5O2. The van der Waals surface area contributed by atoms with Crippen LogP contribution in [0.2, 0.25) is 0 Å². The normalized spacial score (nSPS) is 25.5. The highest BCUT2D eigenvalue weighted by Gasteiger charge is 2.42. The van der Waals surface area contributed by atoms with Crippen molar-refractivity contribution in [2.45, 2.75) is 25.7 Å². The molecule has 0 bridgehead atoms. The Balaban J connectivity index is 1.26. The van der Waals surface area contributed by atoms with E-state index < -0.39 is 0 Å². The van der Waals surface area contributed by atoms with Gasteiger partial charge >= 0.3 is 0 Å². The molecule has 1 saturated carbocycles. The van der Waals surface area contributed by atoms with Gasteiger partial charge in [-0.2, -0.15) is 0 Å². The number of amides is 1. The van der Waals surface area contributed by atoms with Gasteiger partial charge in [-0.05, 0) is 12.8 Å². The van der Waals surface area contributed by atoms with Crippen LogP contribution in [-0.4, -0.2) is 51.9 Å². The minimum Gasteiger partial charge on any atom is -0.448 e. The van der Waals surface area contributed by atoms with Crippen molar-refractivity contribution in [3.63, 3.8) is 0 Å². The van der Waals surface area contributed by atoms with Crippen LogP contribution in [0.25, 0.3) is 0 Å². The molecule has 1 amide bonds. The zero-order valence-electron chi connectivity index (χ0n) is 14.3. The third-order valence-electron chi connectivity index (χ3n) is 5.61. The molecule has 0 radical (unpaired) electrons. The van der Waals surface area contributed by atoms with E-state index in [2.05, 4.69) is 25.9 Å². The number of carbonyl (C=O) groups excluding carboxylic acids is 1. The lowest BCUT2D eigenvalue weighted by Gasteiger charge is -2.22. The van der Waals surface area contributed by atoms with Gasteiger partial charge in [-0.25, -0.2) is 15.0 Å². The lowest BCUT2D eigenvalue weighted by Crippen LogP contribution is -2.33. The lowest BCUT2D eigenvalue weighted by atomic mass is 10.0. The maximum Gasteiger partial charge on any atom is 0.275 e. The molecule has 25 heavy (non-hydrogen) atoms. The van der Waals surface area contributed by atoms with Crippen LogP contribution in [0.4, 0.5) is 5.82 Å². The van der Waals surface area contributed by atoms with Gasteiger partial charge in [0.05, 0.1) is 0 Å². The number of oxazole rings is 1. The van der Waals surface area contributed by atoms with E-state index >= 15 is 0 Å². The monoisotopic (exact) mass is 339 g/mol. The van der Waals surface area contributed by atoms with Gasteiger partial charge in [0.2, 0.25) is 0 Å². The number of hydrogen-bond donors (Lipinski definition) is 0. The summed E-state index contributed by atoms with van der Waals surface area (Å²) in [5.41, 5.74) is 1.60. The van der Waals surface area contributed by atoms with Gasteiger partial charge < -0.3 is 14.2 Å². The fourth-order valence-electron chi connectivity index (χ4n) is 4.11. The third-order valence-corrected chi connectivity index (χ3v) is 5.61. The minimum atomic E-state index is -0.0177. The second-order valence-corrected chi connectivity index (χ2v) is 7.46. The molecule has 5 rings (SSSR count). The van der Waals surface area contributed by atoms with Crippen LogP contribution in [0.15, 0.2) is 23.1 Å². The molecule has 2 aliphatic heterocycles. The predicted molar refractivity (Wildman–Crippen MR) is 90.3 cm³/mol. The van der Waals surface area contributed by atoms with Crippen molar-refractivity contribution in [2.24, 2.45) is 11.8 Å². The molecule has 2 atom stereocenters. The van der Waals surface area contributed by atoms with Crippen molar-refractivity contribution in [3.8, 4) is 0 Å². The zero-order valence-corrected chi connectivity index (χ0v) is 14.3. The maximum absolute atomic E-state index is 12.5. The summed E-state index contributed by atoms with van der Waals surface area (Å²) in [5, 5.41) is 0. The van der Waals surface area contributed by atoms with Crippen molar-refractivity contribution in [2.75, 3.05) is 31.1 Å². The average Bonchev–Trinajstić information content (AvgIpc) is 3.06. The molecule has 130 valence electrons. The van der Waals surface area contributed by atoms with E-state index in [9.17, 15) is 4.79 Å². The van der Waals surface area contributed by atoms with Gasteiger partial charge in [0.15, 0.2) is 11.6 Å². The van der Waals surface area contributed by atoms with E-state index in [1.807, 2.05) is 4.90 Å². The number of anilines is 1. The zero-order chi connectivity index (χ0) is 17.0. The van der Waals surface area contributed by atoms with Gasteiger partial charge in [-0.3, -0.25) is 4.79 Å². The number of hydrogen-bond acceptors (Lipinski definition) is 6. The van der Waals surface area contributed by atoms with Crippen LogP contribution in [0.5, 0.6) is 0 Å². The summed E-state index contributed by atoms with van der Waals surface area (Å²) in [6, 6.07) is 2.15. The Hall–Kier alpha value is -2.44. The number of aryl methyl sites for hydroxylation is 1. The Kier molecular flexibility index (Phi) is 3.29. The van der Waals surface area contributed by atoms with E-state index in [0.29, 0.717) is 29.3 Å². The largest absolute Gasteiger partial charge is 0.448 e. The van der Waals surface area contributed by atoms with Gasteiger partial charge in [0.25, 0.3) is 5.91 Å². The first-order chi connectivity index (χ1) is 12.2. The molecule has 2 aromatic rings. The standard InChI is InChI=1S/C18H21N5O2/c1-11-21-16(9-25-11)18(24)23-7-13-5-22(6-14(13)8-23)17-4-15(12-2-3-12)19-10-20-17/h4,9-10,12-14H,2-3,5-8H2,1H3. The Morgan fingerprint density at radius 2 is 1.92 bits per heavy atom. The van der Waals surface area contributed by atoms with Crippen LogP contribution in [0.3, 0.4) is 0 Å². The maximum atomic E-state index is 12.5. The fourth-order valence-corrected chi connectivity index (χ4v) is 4.11.